The van der Waals surface area contributed by atoms with Crippen molar-refractivity contribution in [2.75, 3.05) is 13.2 Å². The quantitative estimate of drug-likeness (QED) is 0.457. The lowest BCUT2D eigenvalue weighted by Gasteiger charge is -2.18. The summed E-state index contributed by atoms with van der Waals surface area (Å²) in [6.07, 6.45) is 0. The van der Waals surface area contributed by atoms with Crippen LogP contribution in [0, 0.1) is 0 Å². The molecule has 0 aliphatic carbocycles. The Morgan fingerprint density at radius 3 is 2.08 bits per heavy atom. The van der Waals surface area contributed by atoms with Gasteiger partial charge in [0, 0.05) is 19.5 Å². The van der Waals surface area contributed by atoms with Gasteiger partial charge in [0.15, 0.2) is 0 Å². The van der Waals surface area contributed by atoms with Gasteiger partial charge in [-0.05, 0) is 46.5 Å². The van der Waals surface area contributed by atoms with E-state index < -0.39 is 7.60 Å². The Morgan fingerprint density at radius 2 is 1.62 bits per heavy atom. The van der Waals surface area contributed by atoms with Crippen molar-refractivity contribution >= 4 is 31.1 Å². The van der Waals surface area contributed by atoms with E-state index in [1.165, 1.54) is 21.1 Å². The smallest absolute Gasteiger partial charge is 0.305 e. The maximum absolute atomic E-state index is 13.1. The predicted molar refractivity (Wildman–Crippen MR) is 88.3 cm³/mol. The van der Waals surface area contributed by atoms with Crippen LogP contribution in [0.1, 0.15) is 13.8 Å². The van der Waals surface area contributed by atoms with Crippen molar-refractivity contribution in [3.05, 3.63) is 10.1 Å². The minimum atomic E-state index is -3.51. The Hall–Kier alpha value is -1.27. The number of rotatable bonds is 9. The number of thioether (sulfide) groups is 2. The summed E-state index contributed by atoms with van der Waals surface area (Å²) in [6, 6.07) is 0. The van der Waals surface area contributed by atoms with E-state index in [1.807, 2.05) is 0 Å². The lowest BCUT2D eigenvalue weighted by molar-refractivity contribution is 0.228. The summed E-state index contributed by atoms with van der Waals surface area (Å²) in [4.78, 5) is 0. The van der Waals surface area contributed by atoms with Crippen molar-refractivity contribution in [1.29, 1.82) is 0 Å². The van der Waals surface area contributed by atoms with E-state index in [0.29, 0.717) is 15.0 Å². The zero-order chi connectivity index (χ0) is 17.6. The Balaban J connectivity index is 2.34. The third-order valence-corrected chi connectivity index (χ3v) is 7.39. The number of hydrogen-bond acceptors (Lipinski definition) is 11. The van der Waals surface area contributed by atoms with Gasteiger partial charge in [0.1, 0.15) is 4.65 Å². The summed E-state index contributed by atoms with van der Waals surface area (Å²) < 4.78 is 27.3. The van der Waals surface area contributed by atoms with Crippen LogP contribution in [0.5, 0.6) is 0 Å². The molecule has 0 amide bonds. The van der Waals surface area contributed by atoms with Gasteiger partial charge in [0.25, 0.3) is 0 Å². The second-order valence-electron chi connectivity index (χ2n) is 4.18. The minimum absolute atomic E-state index is 0.239. The average Bonchev–Trinajstić information content (AvgIpc) is 3.12. The average molecular weight is 392 g/mol. The van der Waals surface area contributed by atoms with Crippen LogP contribution in [0.25, 0.3) is 0 Å². The number of aromatic nitrogens is 8. The highest BCUT2D eigenvalue weighted by Crippen LogP contribution is 2.62. The maximum Gasteiger partial charge on any atom is 0.368 e. The molecular weight excluding hydrogens is 375 g/mol. The van der Waals surface area contributed by atoms with Crippen molar-refractivity contribution in [1.82, 2.24) is 40.4 Å². The van der Waals surface area contributed by atoms with Gasteiger partial charge in [-0.2, -0.15) is 0 Å². The Morgan fingerprint density at radius 1 is 1.08 bits per heavy atom. The molecule has 132 valence electrons. The van der Waals surface area contributed by atoms with Gasteiger partial charge in [-0.3, -0.25) is 4.57 Å². The zero-order valence-corrected chi connectivity index (χ0v) is 16.1. The fourth-order valence-electron chi connectivity index (χ4n) is 1.47. The van der Waals surface area contributed by atoms with E-state index >= 15 is 0 Å². The van der Waals surface area contributed by atoms with E-state index in [0.717, 1.165) is 11.8 Å². The Kier molecular flexibility index (Phi) is 6.92. The third kappa shape index (κ3) is 4.63. The van der Waals surface area contributed by atoms with Crippen LogP contribution < -0.4 is 0 Å². The predicted octanol–water partition coefficient (Wildman–Crippen LogP) is 1.68. The van der Waals surface area contributed by atoms with Gasteiger partial charge < -0.3 is 9.05 Å². The fraction of sp³-hybridized carbons (Fsp3) is 0.600. The molecule has 2 aromatic rings. The first kappa shape index (κ1) is 19.1. The zero-order valence-electron chi connectivity index (χ0n) is 13.6. The molecule has 0 aliphatic rings. The lowest BCUT2D eigenvalue weighted by Crippen LogP contribution is -1.99. The van der Waals surface area contributed by atoms with Crippen LogP contribution in [0.2, 0.25) is 0 Å². The summed E-state index contributed by atoms with van der Waals surface area (Å²) >= 11 is 2.31. The Labute approximate surface area is 147 Å². The molecule has 2 heterocycles. The van der Waals surface area contributed by atoms with Crippen LogP contribution in [0.15, 0.2) is 20.4 Å². The maximum atomic E-state index is 13.1. The van der Waals surface area contributed by atoms with Crippen molar-refractivity contribution < 1.29 is 13.6 Å². The highest BCUT2D eigenvalue weighted by atomic mass is 32.2. The van der Waals surface area contributed by atoms with Crippen molar-refractivity contribution in [2.45, 2.75) is 24.2 Å². The van der Waals surface area contributed by atoms with Gasteiger partial charge in [0.2, 0.25) is 10.3 Å². The molecule has 0 radical (unpaired) electrons. The van der Waals surface area contributed by atoms with E-state index in [4.69, 9.17) is 9.05 Å². The van der Waals surface area contributed by atoms with Crippen LogP contribution >= 0.6 is 31.1 Å². The number of nitrogens with zero attached hydrogens (tertiary/aromatic N) is 8. The summed E-state index contributed by atoms with van der Waals surface area (Å²) in [5, 5.41) is 25.0. The largest absolute Gasteiger partial charge is 0.368 e. The number of aryl methyl sites for hydroxylation is 2. The van der Waals surface area contributed by atoms with Crippen molar-refractivity contribution in [3.8, 4) is 0 Å². The second kappa shape index (κ2) is 8.72. The third-order valence-electron chi connectivity index (χ3n) is 2.49. The minimum Gasteiger partial charge on any atom is -0.305 e. The van der Waals surface area contributed by atoms with Crippen LogP contribution in [-0.4, -0.2) is 53.6 Å². The van der Waals surface area contributed by atoms with Gasteiger partial charge in [0.05, 0.1) is 13.2 Å². The van der Waals surface area contributed by atoms with E-state index in [1.54, 1.807) is 33.4 Å². The van der Waals surface area contributed by atoms with E-state index in [9.17, 15) is 4.57 Å². The molecule has 0 atom stereocenters. The molecular formula is C10H17N8O3PS2. The van der Waals surface area contributed by atoms with Crippen molar-refractivity contribution in [2.24, 2.45) is 14.1 Å². The second-order valence-corrected chi connectivity index (χ2v) is 8.32. The molecule has 2 aromatic heterocycles. The SMILES string of the molecule is CCOP(=O)(OCC)/C(=C/Sc1nnnn1C)Sc1nnnn1C. The lowest BCUT2D eigenvalue weighted by atomic mass is 10.9. The molecule has 0 bridgehead atoms. The molecule has 0 aliphatic heterocycles. The molecule has 0 N–H and O–H groups in total. The molecule has 2 rings (SSSR count). The molecule has 0 aromatic carbocycles. The fourth-order valence-corrected chi connectivity index (χ4v) is 5.41. The van der Waals surface area contributed by atoms with Gasteiger partial charge in [-0.1, -0.05) is 11.8 Å². The molecule has 24 heavy (non-hydrogen) atoms. The standard InChI is InChI=1S/C10H17N8O3PS2/c1-5-20-22(19,21-6-2)8(24-10-12-14-16-18(10)4)7-23-9-11-13-15-17(9)3/h7H,5-6H2,1-4H3/b8-7-. The van der Waals surface area contributed by atoms with Crippen LogP contribution in [0.4, 0.5) is 0 Å². The number of hydrogen-bond donors (Lipinski definition) is 0. The van der Waals surface area contributed by atoms with E-state index in [2.05, 4.69) is 31.1 Å². The van der Waals surface area contributed by atoms with Gasteiger partial charge in [-0.25, -0.2) is 9.36 Å². The van der Waals surface area contributed by atoms with Gasteiger partial charge in [-0.15, -0.1) is 10.2 Å². The highest BCUT2D eigenvalue weighted by Gasteiger charge is 2.32. The highest BCUT2D eigenvalue weighted by molar-refractivity contribution is 8.11. The van der Waals surface area contributed by atoms with Crippen LogP contribution in [0.3, 0.4) is 0 Å². The Bertz CT molecular complexity index is 738. The number of tetrazole rings is 2. The summed E-state index contributed by atoms with van der Waals surface area (Å²) in [6.45, 7) is 3.97. The summed E-state index contributed by atoms with van der Waals surface area (Å²) in [7, 11) is -0.112. The first-order chi connectivity index (χ1) is 11.5. The molecule has 0 unspecified atom stereocenters. The molecule has 0 saturated carbocycles. The van der Waals surface area contributed by atoms with Gasteiger partial charge >= 0.3 is 7.60 Å². The monoisotopic (exact) mass is 392 g/mol. The molecule has 0 spiro atoms. The van der Waals surface area contributed by atoms with E-state index in [-0.39, 0.29) is 13.2 Å². The summed E-state index contributed by atoms with van der Waals surface area (Å²) in [5.74, 6) is 0. The molecule has 14 heteroatoms. The summed E-state index contributed by atoms with van der Waals surface area (Å²) in [5.41, 5.74) is 0. The van der Waals surface area contributed by atoms with Crippen LogP contribution in [-0.2, 0) is 27.7 Å². The first-order valence-corrected chi connectivity index (χ1v) is 10.1. The molecule has 11 nitrogen and oxygen atoms in total. The molecule has 0 fully saturated rings. The topological polar surface area (TPSA) is 123 Å². The normalized spacial score (nSPS) is 12.8. The first-order valence-electron chi connectivity index (χ1n) is 6.89. The van der Waals surface area contributed by atoms with Crippen molar-refractivity contribution in [3.63, 3.8) is 0 Å². The molecule has 0 saturated heterocycles.